The van der Waals surface area contributed by atoms with E-state index in [1.165, 1.54) is 6.42 Å². The van der Waals surface area contributed by atoms with E-state index in [2.05, 4.69) is 5.32 Å². The summed E-state index contributed by atoms with van der Waals surface area (Å²) in [6.07, 6.45) is 5.94. The van der Waals surface area contributed by atoms with Crippen LogP contribution in [0.25, 0.3) is 0 Å². The summed E-state index contributed by atoms with van der Waals surface area (Å²) in [7, 11) is 0. The Bertz CT molecular complexity index is 271. The minimum absolute atomic E-state index is 0.0608. The van der Waals surface area contributed by atoms with Crippen LogP contribution in [-0.2, 0) is 9.59 Å². The van der Waals surface area contributed by atoms with Gasteiger partial charge in [-0.15, -0.1) is 0 Å². The number of carbonyl (C=O) groups excluding carboxylic acids is 2. The molecule has 2 amide bonds. The molecule has 0 unspecified atom stereocenters. The number of amides is 2. The van der Waals surface area contributed by atoms with Crippen LogP contribution < -0.4 is 11.1 Å². The zero-order valence-electron chi connectivity index (χ0n) is 10.9. The molecule has 3 N–H and O–H groups in total. The Morgan fingerprint density at radius 3 is 2.29 bits per heavy atom. The molecule has 0 aromatic carbocycles. The molecule has 98 valence electrons. The Balaban J connectivity index is 2.53. The standard InChI is InChI=1S/C13H24N2O2/c1-9(2)8-11(16)15-12(13(14)17)10-6-4-3-5-7-10/h9-10,12H,3-8H2,1-2H3,(H2,14,17)(H,15,16)/t12-/m1/s1. The van der Waals surface area contributed by atoms with Gasteiger partial charge in [-0.05, 0) is 24.7 Å². The normalized spacial score (nSPS) is 19.0. The average Bonchev–Trinajstić information content (AvgIpc) is 2.25. The molecule has 0 aromatic heterocycles. The van der Waals surface area contributed by atoms with Crippen molar-refractivity contribution in [1.29, 1.82) is 0 Å². The molecule has 0 aromatic rings. The van der Waals surface area contributed by atoms with Crippen molar-refractivity contribution in [3.8, 4) is 0 Å². The zero-order chi connectivity index (χ0) is 12.8. The molecule has 0 bridgehead atoms. The Labute approximate surface area is 103 Å². The van der Waals surface area contributed by atoms with Crippen molar-refractivity contribution in [3.05, 3.63) is 0 Å². The van der Waals surface area contributed by atoms with Gasteiger partial charge in [0.2, 0.25) is 11.8 Å². The van der Waals surface area contributed by atoms with Crippen molar-refractivity contribution in [2.75, 3.05) is 0 Å². The van der Waals surface area contributed by atoms with E-state index in [1.54, 1.807) is 0 Å². The van der Waals surface area contributed by atoms with E-state index < -0.39 is 11.9 Å². The third-order valence-corrected chi connectivity index (χ3v) is 3.34. The van der Waals surface area contributed by atoms with Crippen molar-refractivity contribution < 1.29 is 9.59 Å². The van der Waals surface area contributed by atoms with Crippen molar-refractivity contribution in [2.45, 2.75) is 58.4 Å². The van der Waals surface area contributed by atoms with Crippen molar-refractivity contribution in [2.24, 2.45) is 17.6 Å². The van der Waals surface area contributed by atoms with Crippen molar-refractivity contribution >= 4 is 11.8 Å². The van der Waals surface area contributed by atoms with Gasteiger partial charge in [0.05, 0.1) is 0 Å². The molecule has 1 aliphatic rings. The van der Waals surface area contributed by atoms with Crippen LogP contribution in [0.1, 0.15) is 52.4 Å². The Kier molecular flexibility index (Phi) is 5.45. The summed E-state index contributed by atoms with van der Waals surface area (Å²) in [5, 5.41) is 2.80. The van der Waals surface area contributed by atoms with Crippen LogP contribution >= 0.6 is 0 Å². The molecule has 1 aliphatic carbocycles. The first kappa shape index (κ1) is 14.0. The molecule has 4 heteroatoms. The van der Waals surface area contributed by atoms with Crippen LogP contribution in [0.5, 0.6) is 0 Å². The molecule has 17 heavy (non-hydrogen) atoms. The second-order valence-corrected chi connectivity index (χ2v) is 5.44. The lowest BCUT2D eigenvalue weighted by molar-refractivity contribution is -0.129. The number of nitrogens with one attached hydrogen (secondary N) is 1. The molecular weight excluding hydrogens is 216 g/mol. The third kappa shape index (κ3) is 4.75. The summed E-state index contributed by atoms with van der Waals surface area (Å²) in [6, 6.07) is -0.471. The summed E-state index contributed by atoms with van der Waals surface area (Å²) >= 11 is 0. The monoisotopic (exact) mass is 240 g/mol. The van der Waals surface area contributed by atoms with Gasteiger partial charge in [0.25, 0.3) is 0 Å². The Hall–Kier alpha value is -1.06. The summed E-state index contributed by atoms with van der Waals surface area (Å²) in [5.74, 6) is 0.0793. The predicted molar refractivity (Wildman–Crippen MR) is 67.2 cm³/mol. The lowest BCUT2D eigenvalue weighted by Crippen LogP contribution is -2.49. The van der Waals surface area contributed by atoms with Crippen LogP contribution in [0.3, 0.4) is 0 Å². The van der Waals surface area contributed by atoms with Gasteiger partial charge in [-0.2, -0.15) is 0 Å². The summed E-state index contributed by atoms with van der Waals surface area (Å²) in [6.45, 7) is 3.97. The van der Waals surface area contributed by atoms with Gasteiger partial charge >= 0.3 is 0 Å². The number of hydrogen-bond donors (Lipinski definition) is 2. The Morgan fingerprint density at radius 2 is 1.82 bits per heavy atom. The molecule has 4 nitrogen and oxygen atoms in total. The van der Waals surface area contributed by atoms with E-state index in [0.29, 0.717) is 12.3 Å². The van der Waals surface area contributed by atoms with Gasteiger partial charge in [0, 0.05) is 6.42 Å². The summed E-state index contributed by atoms with van der Waals surface area (Å²) < 4.78 is 0. The number of rotatable bonds is 5. The van der Waals surface area contributed by atoms with Gasteiger partial charge in [-0.25, -0.2) is 0 Å². The van der Waals surface area contributed by atoms with E-state index in [-0.39, 0.29) is 11.8 Å². The minimum atomic E-state index is -0.471. The quantitative estimate of drug-likeness (QED) is 0.766. The fourth-order valence-electron chi connectivity index (χ4n) is 2.49. The first-order valence-corrected chi connectivity index (χ1v) is 6.59. The largest absolute Gasteiger partial charge is 0.368 e. The first-order chi connectivity index (χ1) is 8.00. The highest BCUT2D eigenvalue weighted by atomic mass is 16.2. The SMILES string of the molecule is CC(C)CC(=O)N[C@@H](C(N)=O)C1CCCCC1. The molecule has 0 aliphatic heterocycles. The summed E-state index contributed by atoms with van der Waals surface area (Å²) in [5.41, 5.74) is 5.39. The molecule has 1 fully saturated rings. The second-order valence-electron chi connectivity index (χ2n) is 5.44. The molecule has 1 atom stereocenters. The van der Waals surface area contributed by atoms with Crippen molar-refractivity contribution in [1.82, 2.24) is 5.32 Å². The highest BCUT2D eigenvalue weighted by Crippen LogP contribution is 2.26. The van der Waals surface area contributed by atoms with Crippen LogP contribution in [0.4, 0.5) is 0 Å². The van der Waals surface area contributed by atoms with Gasteiger partial charge in [0.15, 0.2) is 0 Å². The zero-order valence-corrected chi connectivity index (χ0v) is 10.9. The Morgan fingerprint density at radius 1 is 1.24 bits per heavy atom. The molecule has 0 saturated heterocycles. The third-order valence-electron chi connectivity index (χ3n) is 3.34. The fourth-order valence-corrected chi connectivity index (χ4v) is 2.49. The molecule has 1 saturated carbocycles. The lowest BCUT2D eigenvalue weighted by Gasteiger charge is -2.28. The molecule has 0 spiro atoms. The van der Waals surface area contributed by atoms with Crippen LogP contribution in [0.2, 0.25) is 0 Å². The van der Waals surface area contributed by atoms with E-state index >= 15 is 0 Å². The number of carbonyl (C=O) groups is 2. The van der Waals surface area contributed by atoms with Crippen LogP contribution in [-0.4, -0.2) is 17.9 Å². The predicted octanol–water partition coefficient (Wildman–Crippen LogP) is 1.58. The van der Waals surface area contributed by atoms with Gasteiger partial charge < -0.3 is 11.1 Å². The molecular formula is C13H24N2O2. The highest BCUT2D eigenvalue weighted by molar-refractivity contribution is 5.86. The fraction of sp³-hybridized carbons (Fsp3) is 0.846. The topological polar surface area (TPSA) is 72.2 Å². The maximum atomic E-state index is 11.7. The highest BCUT2D eigenvalue weighted by Gasteiger charge is 2.29. The van der Waals surface area contributed by atoms with Crippen LogP contribution in [0, 0.1) is 11.8 Å². The van der Waals surface area contributed by atoms with E-state index in [0.717, 1.165) is 25.7 Å². The minimum Gasteiger partial charge on any atom is -0.368 e. The lowest BCUT2D eigenvalue weighted by atomic mass is 9.83. The maximum absolute atomic E-state index is 11.7. The number of primary amides is 1. The van der Waals surface area contributed by atoms with E-state index in [4.69, 9.17) is 5.73 Å². The van der Waals surface area contributed by atoms with E-state index in [1.807, 2.05) is 13.8 Å². The van der Waals surface area contributed by atoms with Crippen LogP contribution in [0.15, 0.2) is 0 Å². The van der Waals surface area contributed by atoms with E-state index in [9.17, 15) is 9.59 Å². The van der Waals surface area contributed by atoms with Gasteiger partial charge in [-0.3, -0.25) is 9.59 Å². The summed E-state index contributed by atoms with van der Waals surface area (Å²) in [4.78, 5) is 23.1. The number of hydrogen-bond acceptors (Lipinski definition) is 2. The molecule has 0 radical (unpaired) electrons. The molecule has 0 heterocycles. The molecule has 1 rings (SSSR count). The second kappa shape index (κ2) is 6.62. The number of nitrogens with two attached hydrogens (primary N) is 1. The van der Waals surface area contributed by atoms with Gasteiger partial charge in [-0.1, -0.05) is 33.1 Å². The smallest absolute Gasteiger partial charge is 0.240 e. The first-order valence-electron chi connectivity index (χ1n) is 6.59. The average molecular weight is 240 g/mol. The van der Waals surface area contributed by atoms with Gasteiger partial charge in [0.1, 0.15) is 6.04 Å². The van der Waals surface area contributed by atoms with Crippen molar-refractivity contribution in [3.63, 3.8) is 0 Å². The maximum Gasteiger partial charge on any atom is 0.240 e.